The van der Waals surface area contributed by atoms with Crippen molar-refractivity contribution < 1.29 is 25.4 Å². The Morgan fingerprint density at radius 1 is 1.20 bits per heavy atom. The second-order valence-electron chi connectivity index (χ2n) is 2.33. The number of hydrogen-bond acceptors (Lipinski definition) is 8. The molecule has 0 aromatic heterocycles. The van der Waals surface area contributed by atoms with Crippen LogP contribution in [0.4, 0.5) is 0 Å². The molecule has 10 nitrogen and oxygen atoms in total. The average Bonchev–Trinajstić information content (AvgIpc) is 1.95. The first-order chi connectivity index (χ1) is 6.51. The minimum atomic E-state index is -3.89. The van der Waals surface area contributed by atoms with Gasteiger partial charge in [-0.15, -0.1) is 9.46 Å². The molecule has 0 heterocycles. The molecule has 0 aromatic rings. The number of nitrogens with two attached hydrogens (primary N) is 2. The van der Waals surface area contributed by atoms with Gasteiger partial charge in [0.2, 0.25) is 0 Å². The number of oxime groups is 1. The molecule has 90 valence electrons. The molecule has 0 aliphatic heterocycles. The zero-order chi connectivity index (χ0) is 12.3. The Labute approximate surface area is 86.6 Å². The summed E-state index contributed by atoms with van der Waals surface area (Å²) in [5.41, 5.74) is 5.00. The fourth-order valence-corrected chi connectivity index (χ4v) is 0.910. The molecule has 0 atom stereocenters. The highest BCUT2D eigenvalue weighted by atomic mass is 32.2. The Bertz CT molecular complexity index is 437. The lowest BCUT2D eigenvalue weighted by Gasteiger charge is -2.12. The van der Waals surface area contributed by atoms with E-state index in [2.05, 4.69) is 13.7 Å². The highest BCUT2D eigenvalue weighted by Gasteiger charge is 2.12. The van der Waals surface area contributed by atoms with Gasteiger partial charge in [-0.05, 0) is 5.16 Å². The number of hydroxylamine groups is 1. The summed E-state index contributed by atoms with van der Waals surface area (Å²) < 4.78 is 49.8. The van der Waals surface area contributed by atoms with Crippen molar-refractivity contribution in [1.82, 2.24) is 5.17 Å². The van der Waals surface area contributed by atoms with Gasteiger partial charge < -0.3 is 5.73 Å². The van der Waals surface area contributed by atoms with E-state index in [1.807, 2.05) is 0 Å². The van der Waals surface area contributed by atoms with E-state index in [1.54, 1.807) is 0 Å². The van der Waals surface area contributed by atoms with Crippen LogP contribution in [0.25, 0.3) is 0 Å². The third kappa shape index (κ3) is 7.92. The second-order valence-corrected chi connectivity index (χ2v) is 5.45. The Balaban J connectivity index is 4.52. The Kier molecular flexibility index (Phi) is 4.27. The number of rotatable bonds is 4. The molecule has 0 radical (unpaired) electrons. The Hall–Kier alpha value is -1.11. The number of hydrazine groups is 1. The predicted octanol–water partition coefficient (Wildman–Crippen LogP) is -2.74. The van der Waals surface area contributed by atoms with Crippen LogP contribution in [0.5, 0.6) is 0 Å². The third-order valence-corrected chi connectivity index (χ3v) is 1.48. The second kappa shape index (κ2) is 4.61. The van der Waals surface area contributed by atoms with Gasteiger partial charge in [0.15, 0.2) is 0 Å². The lowest BCUT2D eigenvalue weighted by Crippen LogP contribution is -2.44. The lowest BCUT2D eigenvalue weighted by atomic mass is 11.1. The van der Waals surface area contributed by atoms with Crippen LogP contribution in [0, 0.1) is 0 Å². The van der Waals surface area contributed by atoms with Crippen molar-refractivity contribution in [3.05, 3.63) is 0 Å². The molecule has 15 heavy (non-hydrogen) atoms. The summed E-state index contributed by atoms with van der Waals surface area (Å²) in [5.74, 6) is 4.15. The summed E-state index contributed by atoms with van der Waals surface area (Å²) in [6, 6.07) is 0. The Morgan fingerprint density at radius 2 is 1.67 bits per heavy atom. The molecule has 0 fully saturated rings. The molecule has 0 spiro atoms. The SMILES string of the molecule is CS(=O)(=O)O/N=C(\N)N(N)OS(C)(=O)=O. The summed E-state index contributed by atoms with van der Waals surface area (Å²) >= 11 is 0. The average molecular weight is 262 g/mol. The zero-order valence-corrected chi connectivity index (χ0v) is 9.45. The normalized spacial score (nSPS) is 13.7. The quantitative estimate of drug-likeness (QED) is 0.237. The topological polar surface area (TPSA) is 154 Å². The van der Waals surface area contributed by atoms with Gasteiger partial charge in [-0.3, -0.25) is 4.28 Å². The first kappa shape index (κ1) is 13.9. The summed E-state index contributed by atoms with van der Waals surface area (Å²) in [6.07, 6.45) is 1.42. The van der Waals surface area contributed by atoms with Crippen molar-refractivity contribution in [3.8, 4) is 0 Å². The van der Waals surface area contributed by atoms with E-state index >= 15 is 0 Å². The van der Waals surface area contributed by atoms with E-state index in [9.17, 15) is 16.8 Å². The highest BCUT2D eigenvalue weighted by Crippen LogP contribution is 1.92. The van der Waals surface area contributed by atoms with E-state index in [-0.39, 0.29) is 5.17 Å². The molecule has 0 saturated carbocycles. The maximum Gasteiger partial charge on any atom is 0.325 e. The molecule has 0 unspecified atom stereocenters. The molecule has 0 saturated heterocycles. The summed E-state index contributed by atoms with van der Waals surface area (Å²) in [6.45, 7) is 0. The zero-order valence-electron chi connectivity index (χ0n) is 7.82. The van der Waals surface area contributed by atoms with Crippen molar-refractivity contribution in [3.63, 3.8) is 0 Å². The maximum atomic E-state index is 10.5. The van der Waals surface area contributed by atoms with E-state index in [0.29, 0.717) is 12.5 Å². The van der Waals surface area contributed by atoms with Gasteiger partial charge in [0, 0.05) is 0 Å². The van der Waals surface area contributed by atoms with Crippen molar-refractivity contribution in [2.24, 2.45) is 16.7 Å². The minimum Gasteiger partial charge on any atom is -0.364 e. The standard InChI is InChI=1S/C3H10N4O6S2/c1-14(8,9)12-6-3(4)7(5)13-15(2,10)11/h5H2,1-2H3,(H2,4,6). The van der Waals surface area contributed by atoms with Crippen molar-refractivity contribution in [2.75, 3.05) is 12.5 Å². The van der Waals surface area contributed by atoms with Gasteiger partial charge in [0.05, 0.1) is 12.5 Å². The van der Waals surface area contributed by atoms with E-state index < -0.39 is 26.2 Å². The molecule has 0 rings (SSSR count). The molecule has 0 aliphatic rings. The maximum absolute atomic E-state index is 10.5. The van der Waals surface area contributed by atoms with Gasteiger partial charge in [0.25, 0.3) is 16.1 Å². The molecule has 0 aliphatic carbocycles. The van der Waals surface area contributed by atoms with Crippen molar-refractivity contribution in [1.29, 1.82) is 0 Å². The van der Waals surface area contributed by atoms with Gasteiger partial charge in [-0.25, -0.2) is 5.84 Å². The number of hydrogen-bond donors (Lipinski definition) is 2. The van der Waals surface area contributed by atoms with Gasteiger partial charge in [-0.1, -0.05) is 0 Å². The molecular formula is C3H10N4O6S2. The van der Waals surface area contributed by atoms with E-state index in [4.69, 9.17) is 11.6 Å². The van der Waals surface area contributed by atoms with Crippen LogP contribution < -0.4 is 11.6 Å². The van der Waals surface area contributed by atoms with E-state index in [0.717, 1.165) is 0 Å². The number of nitrogens with zero attached hydrogens (tertiary/aromatic N) is 2. The lowest BCUT2D eigenvalue weighted by molar-refractivity contribution is 0.0233. The van der Waals surface area contributed by atoms with Crippen molar-refractivity contribution in [2.45, 2.75) is 0 Å². The van der Waals surface area contributed by atoms with Gasteiger partial charge in [-0.2, -0.15) is 16.8 Å². The van der Waals surface area contributed by atoms with Crippen LogP contribution in [0.15, 0.2) is 5.16 Å². The molecular weight excluding hydrogens is 252 g/mol. The molecule has 0 aromatic carbocycles. The first-order valence-corrected chi connectivity index (χ1v) is 6.81. The largest absolute Gasteiger partial charge is 0.364 e. The monoisotopic (exact) mass is 262 g/mol. The van der Waals surface area contributed by atoms with Crippen LogP contribution >= 0.6 is 0 Å². The number of guanidine groups is 1. The van der Waals surface area contributed by atoms with Crippen LogP contribution in [0.2, 0.25) is 0 Å². The smallest absolute Gasteiger partial charge is 0.325 e. The van der Waals surface area contributed by atoms with Crippen molar-refractivity contribution >= 4 is 26.2 Å². The molecule has 12 heteroatoms. The summed E-state index contributed by atoms with van der Waals surface area (Å²) in [4.78, 5) is 0. The van der Waals surface area contributed by atoms with Crippen LogP contribution in [0.1, 0.15) is 0 Å². The van der Waals surface area contributed by atoms with Crippen LogP contribution in [0.3, 0.4) is 0 Å². The summed E-state index contributed by atoms with van der Waals surface area (Å²) in [5, 5.41) is 2.84. The fourth-order valence-electron chi connectivity index (χ4n) is 0.330. The van der Waals surface area contributed by atoms with Gasteiger partial charge >= 0.3 is 10.1 Å². The summed E-state index contributed by atoms with van der Waals surface area (Å²) in [7, 11) is -7.74. The first-order valence-electron chi connectivity index (χ1n) is 3.18. The fraction of sp³-hybridized carbons (Fsp3) is 0.667. The predicted molar refractivity (Wildman–Crippen MR) is 49.5 cm³/mol. The van der Waals surface area contributed by atoms with E-state index in [1.165, 1.54) is 0 Å². The highest BCUT2D eigenvalue weighted by molar-refractivity contribution is 7.86. The Morgan fingerprint density at radius 3 is 2.00 bits per heavy atom. The third-order valence-electron chi connectivity index (χ3n) is 0.708. The molecule has 0 bridgehead atoms. The van der Waals surface area contributed by atoms with Crippen LogP contribution in [-0.2, 0) is 28.8 Å². The molecule has 0 amide bonds. The molecule has 4 N–H and O–H groups in total. The van der Waals surface area contributed by atoms with Gasteiger partial charge in [0.1, 0.15) is 0 Å². The van der Waals surface area contributed by atoms with Crippen LogP contribution in [-0.4, -0.2) is 40.5 Å². The minimum absolute atomic E-state index is 0.0422.